The number of likely N-dealkylation sites (N-methyl/N-ethyl adjacent to an activating group) is 2. The monoisotopic (exact) mass is 239 g/mol. The molecule has 2 rings (SSSR count). The molecule has 100 valence electrons. The molecular formula is C14H29N3. The van der Waals surface area contributed by atoms with E-state index in [1.165, 1.54) is 38.6 Å². The largest absolute Gasteiger partial charge is 0.330 e. The number of nitrogens with zero attached hydrogens (tertiary/aromatic N) is 2. The Balaban J connectivity index is 1.96. The van der Waals surface area contributed by atoms with Crippen LogP contribution in [-0.2, 0) is 0 Å². The second-order valence-corrected chi connectivity index (χ2v) is 6.19. The molecule has 0 aromatic rings. The maximum absolute atomic E-state index is 5.95. The number of hydrogen-bond acceptors (Lipinski definition) is 3. The van der Waals surface area contributed by atoms with Gasteiger partial charge in [0.15, 0.2) is 0 Å². The molecule has 17 heavy (non-hydrogen) atoms. The first-order valence-electron chi connectivity index (χ1n) is 7.25. The van der Waals surface area contributed by atoms with Crippen molar-refractivity contribution in [3.05, 3.63) is 0 Å². The maximum Gasteiger partial charge on any atom is 0.0237 e. The molecule has 0 aromatic carbocycles. The standard InChI is InChI=1S/C14H29N3/c1-11-8-13(10-16(11)2)17(3)14-7-5-4-6-12(14)9-15/h11-14H,4-10,15H2,1-3H3. The molecule has 1 heterocycles. The molecule has 0 amide bonds. The molecule has 0 spiro atoms. The highest BCUT2D eigenvalue weighted by Crippen LogP contribution is 2.31. The fourth-order valence-corrected chi connectivity index (χ4v) is 3.73. The van der Waals surface area contributed by atoms with Gasteiger partial charge in [0.2, 0.25) is 0 Å². The van der Waals surface area contributed by atoms with E-state index in [4.69, 9.17) is 5.73 Å². The second-order valence-electron chi connectivity index (χ2n) is 6.19. The molecule has 3 nitrogen and oxygen atoms in total. The van der Waals surface area contributed by atoms with Gasteiger partial charge in [0.05, 0.1) is 0 Å². The lowest BCUT2D eigenvalue weighted by atomic mass is 9.83. The summed E-state index contributed by atoms with van der Waals surface area (Å²) in [6.45, 7) is 4.44. The Hall–Kier alpha value is -0.120. The molecule has 0 bridgehead atoms. The molecule has 1 aliphatic carbocycles. The Morgan fingerprint density at radius 2 is 2.00 bits per heavy atom. The predicted octanol–water partition coefficient (Wildman–Crippen LogP) is 1.53. The van der Waals surface area contributed by atoms with Gasteiger partial charge in [-0.15, -0.1) is 0 Å². The average molecular weight is 239 g/mol. The van der Waals surface area contributed by atoms with Gasteiger partial charge in [-0.25, -0.2) is 0 Å². The Labute approximate surface area is 106 Å². The molecule has 0 aromatic heterocycles. The third-order valence-electron chi connectivity index (χ3n) is 5.14. The van der Waals surface area contributed by atoms with E-state index in [9.17, 15) is 0 Å². The number of likely N-dealkylation sites (tertiary alicyclic amines) is 1. The Bertz CT molecular complexity index is 234. The fourth-order valence-electron chi connectivity index (χ4n) is 3.73. The SMILES string of the molecule is CC1CC(N(C)C2CCCCC2CN)CN1C. The van der Waals surface area contributed by atoms with E-state index in [-0.39, 0.29) is 0 Å². The van der Waals surface area contributed by atoms with Gasteiger partial charge in [0.25, 0.3) is 0 Å². The minimum Gasteiger partial charge on any atom is -0.330 e. The molecule has 4 unspecified atom stereocenters. The van der Waals surface area contributed by atoms with Crippen LogP contribution in [-0.4, -0.2) is 55.1 Å². The van der Waals surface area contributed by atoms with Crippen LogP contribution in [0.25, 0.3) is 0 Å². The van der Waals surface area contributed by atoms with E-state index in [1.807, 2.05) is 0 Å². The summed E-state index contributed by atoms with van der Waals surface area (Å²) in [5.74, 6) is 0.731. The van der Waals surface area contributed by atoms with Crippen LogP contribution in [0.4, 0.5) is 0 Å². The zero-order valence-corrected chi connectivity index (χ0v) is 11.7. The van der Waals surface area contributed by atoms with Crippen molar-refractivity contribution in [1.29, 1.82) is 0 Å². The Kier molecular flexibility index (Phi) is 4.45. The van der Waals surface area contributed by atoms with Crippen molar-refractivity contribution in [2.24, 2.45) is 11.7 Å². The van der Waals surface area contributed by atoms with Crippen molar-refractivity contribution < 1.29 is 0 Å². The minimum atomic E-state index is 0.731. The third-order valence-corrected chi connectivity index (χ3v) is 5.14. The summed E-state index contributed by atoms with van der Waals surface area (Å²) in [7, 11) is 4.58. The van der Waals surface area contributed by atoms with Crippen LogP contribution in [0, 0.1) is 5.92 Å². The summed E-state index contributed by atoms with van der Waals surface area (Å²) >= 11 is 0. The van der Waals surface area contributed by atoms with Crippen molar-refractivity contribution in [2.75, 3.05) is 27.2 Å². The first-order valence-corrected chi connectivity index (χ1v) is 7.25. The van der Waals surface area contributed by atoms with Gasteiger partial charge >= 0.3 is 0 Å². The lowest BCUT2D eigenvalue weighted by Gasteiger charge is -2.40. The molecule has 2 N–H and O–H groups in total. The molecule has 1 aliphatic heterocycles. The number of rotatable bonds is 3. The van der Waals surface area contributed by atoms with E-state index in [0.29, 0.717) is 0 Å². The molecule has 0 radical (unpaired) electrons. The van der Waals surface area contributed by atoms with Crippen LogP contribution in [0.5, 0.6) is 0 Å². The van der Waals surface area contributed by atoms with Crippen LogP contribution in [0.3, 0.4) is 0 Å². The van der Waals surface area contributed by atoms with Crippen molar-refractivity contribution in [3.8, 4) is 0 Å². The van der Waals surface area contributed by atoms with E-state index < -0.39 is 0 Å². The zero-order chi connectivity index (χ0) is 12.4. The molecule has 3 heteroatoms. The van der Waals surface area contributed by atoms with Gasteiger partial charge in [-0.05, 0) is 52.7 Å². The molecule has 4 atom stereocenters. The van der Waals surface area contributed by atoms with E-state index in [2.05, 4.69) is 30.8 Å². The van der Waals surface area contributed by atoms with Gasteiger partial charge in [0, 0.05) is 24.7 Å². The molecule has 2 aliphatic rings. The van der Waals surface area contributed by atoms with E-state index in [1.54, 1.807) is 0 Å². The quantitative estimate of drug-likeness (QED) is 0.810. The number of hydrogen-bond donors (Lipinski definition) is 1. The van der Waals surface area contributed by atoms with Crippen molar-refractivity contribution in [1.82, 2.24) is 9.80 Å². The summed E-state index contributed by atoms with van der Waals surface area (Å²) < 4.78 is 0. The van der Waals surface area contributed by atoms with Crippen molar-refractivity contribution in [3.63, 3.8) is 0 Å². The van der Waals surface area contributed by atoms with Crippen LogP contribution in [0.15, 0.2) is 0 Å². The summed E-state index contributed by atoms with van der Waals surface area (Å²) in [4.78, 5) is 5.14. The summed E-state index contributed by atoms with van der Waals surface area (Å²) in [6, 6.07) is 2.21. The first-order chi connectivity index (χ1) is 8.13. The van der Waals surface area contributed by atoms with Crippen molar-refractivity contribution in [2.45, 2.75) is 57.2 Å². The Morgan fingerprint density at radius 1 is 1.29 bits per heavy atom. The van der Waals surface area contributed by atoms with E-state index >= 15 is 0 Å². The van der Waals surface area contributed by atoms with Gasteiger partial charge in [-0.1, -0.05) is 12.8 Å². The van der Waals surface area contributed by atoms with Crippen molar-refractivity contribution >= 4 is 0 Å². The molecule has 1 saturated carbocycles. The highest BCUT2D eigenvalue weighted by molar-refractivity contribution is 4.91. The average Bonchev–Trinajstić information content (AvgIpc) is 2.68. The van der Waals surface area contributed by atoms with Crippen LogP contribution in [0.1, 0.15) is 39.0 Å². The van der Waals surface area contributed by atoms with Crippen LogP contribution >= 0.6 is 0 Å². The lowest BCUT2D eigenvalue weighted by molar-refractivity contribution is 0.0952. The summed E-state index contributed by atoms with van der Waals surface area (Å²) in [5, 5.41) is 0. The predicted molar refractivity (Wildman–Crippen MR) is 73.1 cm³/mol. The normalized spacial score (nSPS) is 40.1. The van der Waals surface area contributed by atoms with Gasteiger partial charge < -0.3 is 10.6 Å². The molecule has 1 saturated heterocycles. The van der Waals surface area contributed by atoms with Gasteiger partial charge in [0.1, 0.15) is 0 Å². The van der Waals surface area contributed by atoms with Crippen LogP contribution in [0.2, 0.25) is 0 Å². The van der Waals surface area contributed by atoms with Crippen LogP contribution < -0.4 is 5.73 Å². The minimum absolute atomic E-state index is 0.731. The van der Waals surface area contributed by atoms with Gasteiger partial charge in [-0.3, -0.25) is 4.90 Å². The maximum atomic E-state index is 5.95. The highest BCUT2D eigenvalue weighted by Gasteiger charge is 2.35. The second kappa shape index (κ2) is 5.68. The number of nitrogens with two attached hydrogens (primary N) is 1. The zero-order valence-electron chi connectivity index (χ0n) is 11.7. The fraction of sp³-hybridized carbons (Fsp3) is 1.00. The summed E-state index contributed by atoms with van der Waals surface area (Å²) in [6.07, 6.45) is 6.79. The first kappa shape index (κ1) is 13.3. The Morgan fingerprint density at radius 3 is 2.59 bits per heavy atom. The van der Waals surface area contributed by atoms with E-state index in [0.717, 1.165) is 30.6 Å². The third kappa shape index (κ3) is 2.83. The molecule has 2 fully saturated rings. The highest BCUT2D eigenvalue weighted by atomic mass is 15.3. The summed E-state index contributed by atoms with van der Waals surface area (Å²) in [5.41, 5.74) is 5.95. The molecular weight excluding hydrogens is 210 g/mol. The smallest absolute Gasteiger partial charge is 0.0237 e. The lowest BCUT2D eigenvalue weighted by Crippen LogP contribution is -2.48. The topological polar surface area (TPSA) is 32.5 Å². The van der Waals surface area contributed by atoms with Gasteiger partial charge in [-0.2, -0.15) is 0 Å².